The van der Waals surface area contributed by atoms with Crippen LogP contribution >= 0.6 is 36.6 Å². The van der Waals surface area contributed by atoms with Gasteiger partial charge in [0.15, 0.2) is 5.17 Å². The summed E-state index contributed by atoms with van der Waals surface area (Å²) in [6, 6.07) is 6.19. The van der Waals surface area contributed by atoms with Crippen LogP contribution in [-0.4, -0.2) is 28.9 Å². The van der Waals surface area contributed by atoms with Gasteiger partial charge < -0.3 is 15.8 Å². The van der Waals surface area contributed by atoms with Crippen molar-refractivity contribution in [3.8, 4) is 5.75 Å². The van der Waals surface area contributed by atoms with Crippen molar-refractivity contribution >= 4 is 53.3 Å². The molecule has 158 valence electrons. The summed E-state index contributed by atoms with van der Waals surface area (Å²) in [5.74, 6) is 0.584. The number of ether oxygens (including phenoxy) is 1. The zero-order chi connectivity index (χ0) is 19.6. The van der Waals surface area contributed by atoms with Crippen LogP contribution < -0.4 is 15.8 Å². The van der Waals surface area contributed by atoms with E-state index >= 15 is 0 Å². The van der Waals surface area contributed by atoms with Gasteiger partial charge in [-0.05, 0) is 50.1 Å². The summed E-state index contributed by atoms with van der Waals surface area (Å²) in [5, 5.41) is 3.22. The predicted molar refractivity (Wildman–Crippen MR) is 120 cm³/mol. The predicted octanol–water partition coefficient (Wildman–Crippen LogP) is 4.30. The van der Waals surface area contributed by atoms with Crippen LogP contribution in [0.1, 0.15) is 35.0 Å². The Hall–Kier alpha value is -2.03. The molecule has 10 heteroatoms. The van der Waals surface area contributed by atoms with E-state index in [-0.39, 0.29) is 42.2 Å². The lowest BCUT2D eigenvalue weighted by Crippen LogP contribution is -2.30. The third kappa shape index (κ3) is 5.52. The fourth-order valence-electron chi connectivity index (χ4n) is 2.99. The number of aliphatic imine (C=N–C) groups is 1. The van der Waals surface area contributed by atoms with Crippen molar-refractivity contribution in [3.63, 3.8) is 0 Å². The number of nitrogens with two attached hydrogens (primary N) is 1. The molecule has 0 radical (unpaired) electrons. The van der Waals surface area contributed by atoms with Crippen molar-refractivity contribution in [2.45, 2.75) is 25.8 Å². The zero-order valence-corrected chi connectivity index (χ0v) is 18.6. The summed E-state index contributed by atoms with van der Waals surface area (Å²) in [6.45, 7) is 3.62. The lowest BCUT2D eigenvalue weighted by atomic mass is 9.89. The second-order valence-electron chi connectivity index (χ2n) is 6.51. The van der Waals surface area contributed by atoms with Crippen LogP contribution in [0.5, 0.6) is 5.75 Å². The van der Waals surface area contributed by atoms with Gasteiger partial charge in [-0.25, -0.2) is 9.37 Å². The molecule has 0 saturated carbocycles. The number of hydrogen-bond acceptors (Lipinski definition) is 6. The van der Waals surface area contributed by atoms with Gasteiger partial charge in [-0.2, -0.15) is 0 Å². The third-order valence-corrected chi connectivity index (χ3v) is 5.30. The summed E-state index contributed by atoms with van der Waals surface area (Å²) < 4.78 is 19.6. The molecule has 1 aliphatic heterocycles. The molecule has 1 amide bonds. The average molecular weight is 461 g/mol. The maximum atomic E-state index is 14.5. The van der Waals surface area contributed by atoms with Gasteiger partial charge in [0.05, 0.1) is 18.8 Å². The van der Waals surface area contributed by atoms with E-state index in [1.807, 2.05) is 6.92 Å². The summed E-state index contributed by atoms with van der Waals surface area (Å²) >= 11 is 1.45. The van der Waals surface area contributed by atoms with E-state index in [2.05, 4.69) is 15.3 Å². The number of thioether (sulfide) groups is 1. The van der Waals surface area contributed by atoms with Gasteiger partial charge in [0.1, 0.15) is 17.3 Å². The smallest absolute Gasteiger partial charge is 0.274 e. The number of amides is 1. The number of nitrogens with one attached hydrogen (secondary N) is 1. The second kappa shape index (κ2) is 10.1. The lowest BCUT2D eigenvalue weighted by Gasteiger charge is -2.30. The van der Waals surface area contributed by atoms with Crippen LogP contribution in [-0.2, 0) is 5.54 Å². The molecule has 0 spiro atoms. The number of aryl methyl sites for hydroxylation is 1. The number of methoxy groups -OCH3 is 1. The van der Waals surface area contributed by atoms with Gasteiger partial charge in [-0.15, -0.1) is 24.8 Å². The van der Waals surface area contributed by atoms with Crippen LogP contribution in [0.2, 0.25) is 0 Å². The molecule has 0 saturated heterocycles. The molecular weight excluding hydrogens is 438 g/mol. The number of hydrogen-bond donors (Lipinski definition) is 2. The first-order valence-corrected chi connectivity index (χ1v) is 9.41. The molecular formula is C19H23Cl2FN4O2S. The number of aromatic nitrogens is 1. The molecule has 1 aromatic carbocycles. The summed E-state index contributed by atoms with van der Waals surface area (Å²) in [4.78, 5) is 21.2. The number of nitrogens with zero attached hydrogens (tertiary/aromatic N) is 2. The van der Waals surface area contributed by atoms with E-state index in [1.165, 1.54) is 37.2 Å². The Kier molecular flexibility index (Phi) is 8.74. The van der Waals surface area contributed by atoms with Crippen LogP contribution in [0.4, 0.5) is 10.1 Å². The van der Waals surface area contributed by atoms with Gasteiger partial charge in [0.2, 0.25) is 0 Å². The largest absolute Gasteiger partial charge is 0.495 e. The molecule has 0 aliphatic carbocycles. The van der Waals surface area contributed by atoms with Gasteiger partial charge in [-0.1, -0.05) is 11.8 Å². The first-order chi connectivity index (χ1) is 12.8. The summed E-state index contributed by atoms with van der Waals surface area (Å²) in [7, 11) is 1.54. The Morgan fingerprint density at radius 3 is 2.69 bits per heavy atom. The lowest BCUT2D eigenvalue weighted by molar-refractivity contribution is 0.102. The Labute approximate surface area is 185 Å². The van der Waals surface area contributed by atoms with Crippen molar-refractivity contribution in [1.82, 2.24) is 4.98 Å². The minimum atomic E-state index is -0.756. The molecule has 1 aromatic heterocycles. The molecule has 3 rings (SSSR count). The second-order valence-corrected chi connectivity index (χ2v) is 7.63. The minimum Gasteiger partial charge on any atom is -0.495 e. The molecule has 0 fully saturated rings. The number of halogens is 3. The number of rotatable bonds is 4. The number of carbonyl (C=O) groups excluding carboxylic acids is 1. The van der Waals surface area contributed by atoms with E-state index in [0.29, 0.717) is 34.2 Å². The number of anilines is 1. The number of carbonyl (C=O) groups is 1. The molecule has 2 aromatic rings. The molecule has 2 heterocycles. The number of amidine groups is 1. The Balaban J connectivity index is 0.00000210. The highest BCUT2D eigenvalue weighted by Crippen LogP contribution is 2.37. The molecule has 1 atom stereocenters. The van der Waals surface area contributed by atoms with Gasteiger partial charge in [0, 0.05) is 17.0 Å². The molecule has 3 N–H and O–H groups in total. The quantitative estimate of drug-likeness (QED) is 0.709. The van der Waals surface area contributed by atoms with Gasteiger partial charge in [0.25, 0.3) is 5.91 Å². The molecule has 6 nitrogen and oxygen atoms in total. The van der Waals surface area contributed by atoms with Crippen molar-refractivity contribution in [3.05, 3.63) is 53.1 Å². The molecule has 0 unspecified atom stereocenters. The van der Waals surface area contributed by atoms with Crippen LogP contribution in [0.15, 0.2) is 35.5 Å². The van der Waals surface area contributed by atoms with Crippen molar-refractivity contribution in [2.24, 2.45) is 10.7 Å². The van der Waals surface area contributed by atoms with E-state index < -0.39 is 5.54 Å². The average Bonchev–Trinajstić information content (AvgIpc) is 2.62. The maximum Gasteiger partial charge on any atom is 0.274 e. The Morgan fingerprint density at radius 1 is 1.34 bits per heavy atom. The molecule has 29 heavy (non-hydrogen) atoms. The van der Waals surface area contributed by atoms with E-state index in [1.54, 1.807) is 19.1 Å². The number of benzene rings is 1. The first kappa shape index (κ1) is 25.0. The number of pyridine rings is 1. The fraction of sp³-hybridized carbons (Fsp3) is 0.316. The van der Waals surface area contributed by atoms with Gasteiger partial charge in [-0.3, -0.25) is 9.79 Å². The maximum absolute atomic E-state index is 14.5. The fourth-order valence-corrected chi connectivity index (χ4v) is 3.96. The highest BCUT2D eigenvalue weighted by Gasteiger charge is 2.32. The van der Waals surface area contributed by atoms with E-state index in [4.69, 9.17) is 10.5 Å². The van der Waals surface area contributed by atoms with E-state index in [0.717, 1.165) is 5.75 Å². The van der Waals surface area contributed by atoms with Crippen LogP contribution in [0.25, 0.3) is 0 Å². The van der Waals surface area contributed by atoms with Crippen molar-refractivity contribution in [2.75, 3.05) is 18.2 Å². The van der Waals surface area contributed by atoms with Gasteiger partial charge >= 0.3 is 0 Å². The van der Waals surface area contributed by atoms with Crippen molar-refractivity contribution < 1.29 is 13.9 Å². The summed E-state index contributed by atoms with van der Waals surface area (Å²) in [5.41, 5.74) is 6.92. The molecule has 0 bridgehead atoms. The van der Waals surface area contributed by atoms with E-state index in [9.17, 15) is 9.18 Å². The highest BCUT2D eigenvalue weighted by molar-refractivity contribution is 8.13. The standard InChI is InChI=1S/C19H21FN4O2S.2ClH/c1-11-8-13(26-3)10-22-16(11)17(25)23-12-4-5-15(20)14(9-12)19(2)6-7-27-18(21)24-19;;/h4-5,8-10H,6-7H2,1-3H3,(H2,21,24)(H,23,25);2*1H/t19-;;/m0../s1. The Morgan fingerprint density at radius 2 is 2.07 bits per heavy atom. The first-order valence-electron chi connectivity index (χ1n) is 8.42. The monoisotopic (exact) mass is 460 g/mol. The van der Waals surface area contributed by atoms with Crippen molar-refractivity contribution in [1.29, 1.82) is 0 Å². The third-order valence-electron chi connectivity index (χ3n) is 4.50. The highest BCUT2D eigenvalue weighted by atomic mass is 35.5. The Bertz CT molecular complexity index is 929. The summed E-state index contributed by atoms with van der Waals surface area (Å²) in [6.07, 6.45) is 2.14. The molecule has 1 aliphatic rings. The zero-order valence-electron chi connectivity index (χ0n) is 16.2. The van der Waals surface area contributed by atoms with Crippen LogP contribution in [0, 0.1) is 12.7 Å². The normalized spacial score (nSPS) is 18.0. The minimum absolute atomic E-state index is 0. The topological polar surface area (TPSA) is 89.6 Å². The van der Waals surface area contributed by atoms with Crippen LogP contribution in [0.3, 0.4) is 0 Å². The SMILES string of the molecule is COc1cnc(C(=O)Nc2ccc(F)c([C@]3(C)CCSC(N)=N3)c2)c(C)c1.Cl.Cl.